The summed E-state index contributed by atoms with van der Waals surface area (Å²) in [5, 5.41) is 3.99. The lowest BCUT2D eigenvalue weighted by atomic mass is 10.1. The molecule has 2 nitrogen and oxygen atoms in total. The number of rotatable bonds is 6. The highest BCUT2D eigenvalue weighted by Crippen LogP contribution is 2.30. The maximum absolute atomic E-state index is 13.6. The number of hydrogen-bond acceptors (Lipinski definition) is 2. The van der Waals surface area contributed by atoms with Gasteiger partial charge in [0.15, 0.2) is 11.6 Å². The fourth-order valence-corrected chi connectivity index (χ4v) is 2.38. The molecule has 0 aliphatic carbocycles. The highest BCUT2D eigenvalue weighted by molar-refractivity contribution is 6.31. The Labute approximate surface area is 129 Å². The van der Waals surface area contributed by atoms with Gasteiger partial charge in [0.1, 0.15) is 5.75 Å². The Kier molecular flexibility index (Phi) is 5.59. The van der Waals surface area contributed by atoms with Crippen LogP contribution in [-0.4, -0.2) is 6.54 Å². The van der Waals surface area contributed by atoms with Gasteiger partial charge in [0.25, 0.3) is 0 Å². The molecule has 0 aliphatic heterocycles. The fraction of sp³-hybridized carbons (Fsp3) is 0.294. The van der Waals surface area contributed by atoms with E-state index in [4.69, 9.17) is 16.3 Å². The molecule has 0 aromatic heterocycles. The van der Waals surface area contributed by atoms with E-state index in [1.807, 2.05) is 6.07 Å². The second-order valence-electron chi connectivity index (χ2n) is 4.89. The molecule has 21 heavy (non-hydrogen) atoms. The van der Waals surface area contributed by atoms with Crippen molar-refractivity contribution in [3.63, 3.8) is 0 Å². The summed E-state index contributed by atoms with van der Waals surface area (Å²) in [5.74, 6) is 0.325. The lowest BCUT2D eigenvalue weighted by Crippen LogP contribution is -2.19. The van der Waals surface area contributed by atoms with E-state index in [2.05, 4.69) is 19.2 Å². The highest BCUT2D eigenvalue weighted by Gasteiger charge is 2.11. The van der Waals surface area contributed by atoms with Crippen LogP contribution in [0.2, 0.25) is 5.02 Å². The molecule has 0 aliphatic rings. The predicted molar refractivity (Wildman–Crippen MR) is 84.6 cm³/mol. The van der Waals surface area contributed by atoms with E-state index in [0.717, 1.165) is 18.5 Å². The molecule has 0 fully saturated rings. The topological polar surface area (TPSA) is 21.3 Å². The first kappa shape index (κ1) is 15.8. The van der Waals surface area contributed by atoms with Gasteiger partial charge in [0.2, 0.25) is 0 Å². The summed E-state index contributed by atoms with van der Waals surface area (Å²) in [6, 6.07) is 11.9. The molecular formula is C17H19ClFNO. The molecular weight excluding hydrogens is 289 g/mol. The average Bonchev–Trinajstić information content (AvgIpc) is 2.47. The van der Waals surface area contributed by atoms with Gasteiger partial charge < -0.3 is 10.1 Å². The van der Waals surface area contributed by atoms with Crippen molar-refractivity contribution in [1.29, 1.82) is 0 Å². The van der Waals surface area contributed by atoms with E-state index in [1.165, 1.54) is 6.07 Å². The van der Waals surface area contributed by atoms with Gasteiger partial charge in [-0.05, 0) is 49.7 Å². The van der Waals surface area contributed by atoms with Crippen LogP contribution in [0.15, 0.2) is 42.5 Å². The zero-order chi connectivity index (χ0) is 15.2. The molecule has 112 valence electrons. The van der Waals surface area contributed by atoms with Crippen molar-refractivity contribution >= 4 is 11.6 Å². The molecule has 1 unspecified atom stereocenters. The van der Waals surface area contributed by atoms with Gasteiger partial charge >= 0.3 is 0 Å². The molecule has 2 rings (SSSR count). The monoisotopic (exact) mass is 307 g/mol. The summed E-state index contributed by atoms with van der Waals surface area (Å²) >= 11 is 6.30. The lowest BCUT2D eigenvalue weighted by molar-refractivity contribution is 0.442. The van der Waals surface area contributed by atoms with Gasteiger partial charge in [-0.1, -0.05) is 36.7 Å². The molecule has 1 atom stereocenters. The van der Waals surface area contributed by atoms with E-state index >= 15 is 0 Å². The van der Waals surface area contributed by atoms with E-state index in [0.29, 0.717) is 10.8 Å². The molecule has 1 N–H and O–H groups in total. The van der Waals surface area contributed by atoms with E-state index < -0.39 is 5.82 Å². The minimum atomic E-state index is -0.393. The molecule has 0 heterocycles. The molecule has 0 saturated carbocycles. The number of para-hydroxylation sites is 1. The lowest BCUT2D eigenvalue weighted by Gasteiger charge is -2.16. The van der Waals surface area contributed by atoms with Crippen molar-refractivity contribution in [3.8, 4) is 11.5 Å². The van der Waals surface area contributed by atoms with Gasteiger partial charge in [-0.15, -0.1) is 0 Å². The number of hydrogen-bond donors (Lipinski definition) is 1. The minimum Gasteiger partial charge on any atom is -0.454 e. The first-order valence-corrected chi connectivity index (χ1v) is 7.44. The average molecular weight is 308 g/mol. The van der Waals surface area contributed by atoms with E-state index in [1.54, 1.807) is 30.3 Å². The van der Waals surface area contributed by atoms with Crippen LogP contribution in [0.1, 0.15) is 31.9 Å². The van der Waals surface area contributed by atoms with E-state index in [-0.39, 0.29) is 11.8 Å². The fourth-order valence-electron chi connectivity index (χ4n) is 2.05. The van der Waals surface area contributed by atoms with Crippen LogP contribution in [0, 0.1) is 5.82 Å². The van der Waals surface area contributed by atoms with Crippen LogP contribution < -0.4 is 10.1 Å². The molecule has 2 aromatic rings. The molecule has 0 amide bonds. The zero-order valence-electron chi connectivity index (χ0n) is 12.2. The number of ether oxygens (including phenoxy) is 1. The van der Waals surface area contributed by atoms with Crippen LogP contribution in [0.4, 0.5) is 4.39 Å². The SMILES string of the molecule is CCCNC(C)c1ccc(Oc2ccccc2F)cc1Cl. The highest BCUT2D eigenvalue weighted by atomic mass is 35.5. The van der Waals surface area contributed by atoms with Crippen molar-refractivity contribution < 1.29 is 9.13 Å². The Morgan fingerprint density at radius 1 is 1.24 bits per heavy atom. The molecule has 0 radical (unpaired) electrons. The summed E-state index contributed by atoms with van der Waals surface area (Å²) in [5.41, 5.74) is 1.01. The van der Waals surface area contributed by atoms with Crippen LogP contribution in [0.3, 0.4) is 0 Å². The van der Waals surface area contributed by atoms with Crippen LogP contribution in [0.25, 0.3) is 0 Å². The third-order valence-electron chi connectivity index (χ3n) is 3.20. The van der Waals surface area contributed by atoms with Crippen LogP contribution in [-0.2, 0) is 0 Å². The summed E-state index contributed by atoms with van der Waals surface area (Å²) in [6.45, 7) is 5.12. The third kappa shape index (κ3) is 4.19. The molecule has 2 aromatic carbocycles. The summed E-state index contributed by atoms with van der Waals surface area (Å²) < 4.78 is 19.1. The Hall–Kier alpha value is -1.58. The van der Waals surface area contributed by atoms with Gasteiger partial charge in [0, 0.05) is 11.1 Å². The summed E-state index contributed by atoms with van der Waals surface area (Å²) in [4.78, 5) is 0. The second-order valence-corrected chi connectivity index (χ2v) is 5.30. The van der Waals surface area contributed by atoms with Crippen molar-refractivity contribution in [2.75, 3.05) is 6.54 Å². The maximum atomic E-state index is 13.6. The molecule has 0 spiro atoms. The van der Waals surface area contributed by atoms with Gasteiger partial charge in [-0.3, -0.25) is 0 Å². The predicted octanol–water partition coefficient (Wildman–Crippen LogP) is 5.33. The largest absolute Gasteiger partial charge is 0.454 e. The Morgan fingerprint density at radius 2 is 2.00 bits per heavy atom. The number of benzene rings is 2. The molecule has 0 bridgehead atoms. The van der Waals surface area contributed by atoms with Gasteiger partial charge in [-0.25, -0.2) is 4.39 Å². The van der Waals surface area contributed by atoms with Crippen LogP contribution in [0.5, 0.6) is 11.5 Å². The standard InChI is InChI=1S/C17H19ClFNO/c1-3-10-20-12(2)14-9-8-13(11-15(14)18)21-17-7-5-4-6-16(17)19/h4-9,11-12,20H,3,10H2,1-2H3. The first-order chi connectivity index (χ1) is 10.1. The van der Waals surface area contributed by atoms with Crippen molar-refractivity contribution in [1.82, 2.24) is 5.32 Å². The summed E-state index contributed by atoms with van der Waals surface area (Å²) in [6.07, 6.45) is 1.07. The number of halogens is 2. The number of nitrogens with one attached hydrogen (secondary N) is 1. The smallest absolute Gasteiger partial charge is 0.165 e. The zero-order valence-corrected chi connectivity index (χ0v) is 13.0. The van der Waals surface area contributed by atoms with Gasteiger partial charge in [-0.2, -0.15) is 0 Å². The minimum absolute atomic E-state index is 0.167. The normalized spacial score (nSPS) is 12.2. The second kappa shape index (κ2) is 7.43. The molecule has 0 saturated heterocycles. The summed E-state index contributed by atoms with van der Waals surface area (Å²) in [7, 11) is 0. The van der Waals surface area contributed by atoms with Crippen molar-refractivity contribution in [3.05, 3.63) is 58.9 Å². The first-order valence-electron chi connectivity index (χ1n) is 7.07. The molecule has 4 heteroatoms. The maximum Gasteiger partial charge on any atom is 0.165 e. The van der Waals surface area contributed by atoms with Crippen LogP contribution >= 0.6 is 11.6 Å². The quantitative estimate of drug-likeness (QED) is 0.778. The van der Waals surface area contributed by atoms with Crippen molar-refractivity contribution in [2.24, 2.45) is 0 Å². The Morgan fingerprint density at radius 3 is 2.67 bits per heavy atom. The van der Waals surface area contributed by atoms with E-state index in [9.17, 15) is 4.39 Å². The third-order valence-corrected chi connectivity index (χ3v) is 3.53. The van der Waals surface area contributed by atoms with Crippen molar-refractivity contribution in [2.45, 2.75) is 26.3 Å². The van der Waals surface area contributed by atoms with Gasteiger partial charge in [0.05, 0.1) is 0 Å². The Bertz CT molecular complexity index is 603. The Balaban J connectivity index is 2.14.